The molecule has 0 aliphatic carbocycles. The van der Waals surface area contributed by atoms with Crippen LogP contribution in [0.4, 0.5) is 0 Å². The van der Waals surface area contributed by atoms with Crippen LogP contribution in [0, 0.1) is 5.92 Å². The summed E-state index contributed by atoms with van der Waals surface area (Å²) in [6, 6.07) is 10.5. The highest BCUT2D eigenvalue weighted by Gasteiger charge is 2.20. The maximum absolute atomic E-state index is 5.71. The smallest absolute Gasteiger partial charge is 0.0193 e. The fourth-order valence-corrected chi connectivity index (χ4v) is 2.48. The molecule has 0 saturated carbocycles. The van der Waals surface area contributed by atoms with Gasteiger partial charge in [-0.3, -0.25) is 4.90 Å². The van der Waals surface area contributed by atoms with E-state index in [2.05, 4.69) is 48.2 Å². The molecule has 0 spiro atoms. The summed E-state index contributed by atoms with van der Waals surface area (Å²) < 4.78 is 0. The first kappa shape index (κ1) is 12.3. The van der Waals surface area contributed by atoms with Crippen molar-refractivity contribution in [1.82, 2.24) is 4.90 Å². The maximum atomic E-state index is 5.71. The summed E-state index contributed by atoms with van der Waals surface area (Å²) >= 11 is 0. The topological polar surface area (TPSA) is 29.3 Å². The SMILES string of the molecule is CC(=Cc1ccccc1)CN1CCC(CN)C1. The third-order valence-electron chi connectivity index (χ3n) is 3.39. The zero-order chi connectivity index (χ0) is 12.1. The van der Waals surface area contributed by atoms with Gasteiger partial charge in [-0.1, -0.05) is 42.0 Å². The fourth-order valence-electron chi connectivity index (χ4n) is 2.48. The minimum atomic E-state index is 0.708. The second-order valence-electron chi connectivity index (χ2n) is 5.03. The number of nitrogens with two attached hydrogens (primary N) is 1. The summed E-state index contributed by atoms with van der Waals surface area (Å²) in [6.45, 7) is 6.48. The number of likely N-dealkylation sites (tertiary alicyclic amines) is 1. The molecule has 2 heteroatoms. The van der Waals surface area contributed by atoms with E-state index in [0.717, 1.165) is 19.6 Å². The van der Waals surface area contributed by atoms with E-state index in [1.807, 2.05) is 0 Å². The van der Waals surface area contributed by atoms with Gasteiger partial charge in [0, 0.05) is 13.1 Å². The van der Waals surface area contributed by atoms with Crippen molar-refractivity contribution in [2.45, 2.75) is 13.3 Å². The molecule has 0 bridgehead atoms. The predicted molar refractivity (Wildman–Crippen MR) is 73.7 cm³/mol. The molecule has 1 heterocycles. The number of rotatable bonds is 4. The highest BCUT2D eigenvalue weighted by molar-refractivity contribution is 5.52. The lowest BCUT2D eigenvalue weighted by molar-refractivity contribution is 0.353. The molecule has 1 aliphatic rings. The standard InChI is InChI=1S/C15H22N2/c1-13(9-14-5-3-2-4-6-14)11-17-8-7-15(10-16)12-17/h2-6,9,15H,7-8,10-12,16H2,1H3. The molecule has 92 valence electrons. The minimum Gasteiger partial charge on any atom is -0.330 e. The predicted octanol–water partition coefficient (Wildman–Crippen LogP) is 2.37. The van der Waals surface area contributed by atoms with Crippen molar-refractivity contribution < 1.29 is 0 Å². The summed E-state index contributed by atoms with van der Waals surface area (Å²) in [5.41, 5.74) is 8.43. The molecule has 1 aliphatic heterocycles. The average molecular weight is 230 g/mol. The lowest BCUT2D eigenvalue weighted by atomic mass is 10.1. The van der Waals surface area contributed by atoms with Gasteiger partial charge in [-0.25, -0.2) is 0 Å². The summed E-state index contributed by atoms with van der Waals surface area (Å²) in [4.78, 5) is 2.51. The Morgan fingerprint density at radius 2 is 2.18 bits per heavy atom. The largest absolute Gasteiger partial charge is 0.330 e. The van der Waals surface area contributed by atoms with Crippen molar-refractivity contribution in [2.24, 2.45) is 11.7 Å². The Bertz CT molecular complexity index is 370. The average Bonchev–Trinajstić information content (AvgIpc) is 2.78. The van der Waals surface area contributed by atoms with E-state index in [-0.39, 0.29) is 0 Å². The molecule has 17 heavy (non-hydrogen) atoms. The van der Waals surface area contributed by atoms with Crippen LogP contribution in [0.5, 0.6) is 0 Å². The highest BCUT2D eigenvalue weighted by Crippen LogP contribution is 2.16. The second kappa shape index (κ2) is 5.99. The normalized spacial score (nSPS) is 22.0. The molecule has 1 unspecified atom stereocenters. The monoisotopic (exact) mass is 230 g/mol. The van der Waals surface area contributed by atoms with Crippen molar-refractivity contribution in [3.63, 3.8) is 0 Å². The Morgan fingerprint density at radius 3 is 2.82 bits per heavy atom. The first-order chi connectivity index (χ1) is 8.28. The van der Waals surface area contributed by atoms with Gasteiger partial charge in [0.15, 0.2) is 0 Å². The van der Waals surface area contributed by atoms with Crippen LogP contribution in [-0.2, 0) is 0 Å². The second-order valence-corrected chi connectivity index (χ2v) is 5.03. The van der Waals surface area contributed by atoms with Gasteiger partial charge in [0.05, 0.1) is 0 Å². The number of nitrogens with zero attached hydrogens (tertiary/aromatic N) is 1. The van der Waals surface area contributed by atoms with Crippen molar-refractivity contribution in [2.75, 3.05) is 26.2 Å². The fraction of sp³-hybridized carbons (Fsp3) is 0.467. The van der Waals surface area contributed by atoms with Crippen molar-refractivity contribution >= 4 is 6.08 Å². The summed E-state index contributed by atoms with van der Waals surface area (Å²) in [5.74, 6) is 0.708. The van der Waals surface area contributed by atoms with Gasteiger partial charge in [-0.2, -0.15) is 0 Å². The molecule has 0 amide bonds. The van der Waals surface area contributed by atoms with Gasteiger partial charge in [0.2, 0.25) is 0 Å². The van der Waals surface area contributed by atoms with E-state index in [1.54, 1.807) is 0 Å². The molecular weight excluding hydrogens is 208 g/mol. The lowest BCUT2D eigenvalue weighted by Crippen LogP contribution is -2.24. The van der Waals surface area contributed by atoms with Crippen LogP contribution in [0.3, 0.4) is 0 Å². The van der Waals surface area contributed by atoms with Crippen molar-refractivity contribution in [1.29, 1.82) is 0 Å². The minimum absolute atomic E-state index is 0.708. The Kier molecular flexibility index (Phi) is 4.35. The molecule has 0 aromatic heterocycles. The van der Waals surface area contributed by atoms with E-state index in [4.69, 9.17) is 5.73 Å². The van der Waals surface area contributed by atoms with Gasteiger partial charge in [0.25, 0.3) is 0 Å². The third kappa shape index (κ3) is 3.69. The van der Waals surface area contributed by atoms with Crippen LogP contribution in [0.15, 0.2) is 35.9 Å². The molecule has 2 rings (SSSR count). The van der Waals surface area contributed by atoms with Gasteiger partial charge in [-0.05, 0) is 37.9 Å². The van der Waals surface area contributed by atoms with Gasteiger partial charge < -0.3 is 5.73 Å². The van der Waals surface area contributed by atoms with E-state index in [0.29, 0.717) is 5.92 Å². The van der Waals surface area contributed by atoms with Gasteiger partial charge in [-0.15, -0.1) is 0 Å². The number of benzene rings is 1. The Balaban J connectivity index is 1.89. The molecule has 1 aromatic rings. The maximum Gasteiger partial charge on any atom is 0.0193 e. The van der Waals surface area contributed by atoms with E-state index >= 15 is 0 Å². The van der Waals surface area contributed by atoms with E-state index in [1.165, 1.54) is 24.1 Å². The zero-order valence-corrected chi connectivity index (χ0v) is 10.6. The first-order valence-corrected chi connectivity index (χ1v) is 6.42. The molecule has 1 saturated heterocycles. The van der Waals surface area contributed by atoms with Crippen LogP contribution < -0.4 is 5.73 Å². The lowest BCUT2D eigenvalue weighted by Gasteiger charge is -2.16. The molecule has 2 nitrogen and oxygen atoms in total. The quantitative estimate of drug-likeness (QED) is 0.860. The van der Waals surface area contributed by atoms with E-state index < -0.39 is 0 Å². The Morgan fingerprint density at radius 1 is 1.41 bits per heavy atom. The van der Waals surface area contributed by atoms with E-state index in [9.17, 15) is 0 Å². The Labute approximate surface area is 104 Å². The summed E-state index contributed by atoms with van der Waals surface area (Å²) in [6.07, 6.45) is 3.53. The summed E-state index contributed by atoms with van der Waals surface area (Å²) in [5, 5.41) is 0. The highest BCUT2D eigenvalue weighted by atomic mass is 15.1. The van der Waals surface area contributed by atoms with Crippen LogP contribution in [-0.4, -0.2) is 31.1 Å². The molecular formula is C15H22N2. The Hall–Kier alpha value is -1.12. The zero-order valence-electron chi connectivity index (χ0n) is 10.6. The van der Waals surface area contributed by atoms with Gasteiger partial charge >= 0.3 is 0 Å². The first-order valence-electron chi connectivity index (χ1n) is 6.42. The molecule has 2 N–H and O–H groups in total. The van der Waals surface area contributed by atoms with Crippen LogP contribution >= 0.6 is 0 Å². The summed E-state index contributed by atoms with van der Waals surface area (Å²) in [7, 11) is 0. The van der Waals surface area contributed by atoms with Crippen molar-refractivity contribution in [3.8, 4) is 0 Å². The van der Waals surface area contributed by atoms with Gasteiger partial charge in [0.1, 0.15) is 0 Å². The molecule has 1 aromatic carbocycles. The van der Waals surface area contributed by atoms with Crippen molar-refractivity contribution in [3.05, 3.63) is 41.5 Å². The molecule has 0 radical (unpaired) electrons. The van der Waals surface area contributed by atoms with Crippen LogP contribution in [0.1, 0.15) is 18.9 Å². The number of hydrogen-bond donors (Lipinski definition) is 1. The van der Waals surface area contributed by atoms with Crippen LogP contribution in [0.25, 0.3) is 6.08 Å². The molecule has 1 fully saturated rings. The molecule has 1 atom stereocenters. The third-order valence-corrected chi connectivity index (χ3v) is 3.39. The van der Waals surface area contributed by atoms with Crippen LogP contribution in [0.2, 0.25) is 0 Å². The number of hydrogen-bond acceptors (Lipinski definition) is 2.